The standard InChI is InChI=1S/C13H18N2/c1-3-5-8-13(4-2)9-6-7-11-12(13)15-10-14-11/h6-7,9-10H,3-5,8H2,1-2H3. The number of hydrogen-bond donors (Lipinski definition) is 0. The first kappa shape index (κ1) is 10.3. The van der Waals surface area contributed by atoms with Crippen LogP contribution in [0.4, 0.5) is 0 Å². The summed E-state index contributed by atoms with van der Waals surface area (Å²) in [5.74, 6) is 0. The molecule has 0 radical (unpaired) electrons. The van der Waals surface area contributed by atoms with Crippen molar-refractivity contribution in [2.24, 2.45) is 15.4 Å². The average Bonchev–Trinajstić information content (AvgIpc) is 2.75. The van der Waals surface area contributed by atoms with Crippen LogP contribution < -0.4 is 0 Å². The highest BCUT2D eigenvalue weighted by molar-refractivity contribution is 6.13. The van der Waals surface area contributed by atoms with Gasteiger partial charge in [-0.05, 0) is 18.9 Å². The lowest BCUT2D eigenvalue weighted by molar-refractivity contribution is 0.448. The zero-order valence-electron chi connectivity index (χ0n) is 9.53. The van der Waals surface area contributed by atoms with E-state index >= 15 is 0 Å². The number of nitrogens with zero attached hydrogens (tertiary/aromatic N) is 2. The molecule has 1 aliphatic heterocycles. The molecule has 2 rings (SSSR count). The third-order valence-corrected chi connectivity index (χ3v) is 3.37. The Morgan fingerprint density at radius 1 is 1.33 bits per heavy atom. The van der Waals surface area contributed by atoms with Crippen LogP contribution in [-0.4, -0.2) is 12.1 Å². The van der Waals surface area contributed by atoms with E-state index in [1.54, 1.807) is 6.34 Å². The Bertz CT molecular complexity index is 361. The molecule has 80 valence electrons. The molecule has 0 bridgehead atoms. The fourth-order valence-electron chi connectivity index (χ4n) is 2.34. The zero-order chi connectivity index (χ0) is 10.7. The first-order valence-electron chi connectivity index (χ1n) is 5.83. The third kappa shape index (κ3) is 1.69. The van der Waals surface area contributed by atoms with E-state index in [0.717, 1.165) is 12.1 Å². The Morgan fingerprint density at radius 2 is 2.20 bits per heavy atom. The fourth-order valence-corrected chi connectivity index (χ4v) is 2.34. The average molecular weight is 202 g/mol. The van der Waals surface area contributed by atoms with Crippen LogP contribution in [-0.2, 0) is 0 Å². The van der Waals surface area contributed by atoms with Gasteiger partial charge in [-0.3, -0.25) is 0 Å². The summed E-state index contributed by atoms with van der Waals surface area (Å²) in [4.78, 5) is 8.73. The van der Waals surface area contributed by atoms with E-state index in [1.165, 1.54) is 25.0 Å². The summed E-state index contributed by atoms with van der Waals surface area (Å²) in [7, 11) is 0. The van der Waals surface area contributed by atoms with Gasteiger partial charge < -0.3 is 0 Å². The summed E-state index contributed by atoms with van der Waals surface area (Å²) >= 11 is 0. The predicted octanol–water partition coefficient (Wildman–Crippen LogP) is 3.51. The van der Waals surface area contributed by atoms with E-state index in [-0.39, 0.29) is 5.41 Å². The molecule has 15 heavy (non-hydrogen) atoms. The maximum atomic E-state index is 4.44. The van der Waals surface area contributed by atoms with Crippen molar-refractivity contribution < 1.29 is 0 Å². The fraction of sp³-hybridized carbons (Fsp3) is 0.538. The first-order valence-corrected chi connectivity index (χ1v) is 5.83. The van der Waals surface area contributed by atoms with Crippen molar-refractivity contribution in [1.29, 1.82) is 0 Å². The van der Waals surface area contributed by atoms with Crippen molar-refractivity contribution >= 4 is 12.1 Å². The molecule has 0 aromatic carbocycles. The molecule has 0 aromatic rings. The van der Waals surface area contributed by atoms with Gasteiger partial charge in [-0.1, -0.05) is 38.8 Å². The largest absolute Gasteiger partial charge is 0.238 e. The minimum atomic E-state index is 0.149. The molecule has 0 spiro atoms. The summed E-state index contributed by atoms with van der Waals surface area (Å²) in [6.07, 6.45) is 13.0. The lowest BCUT2D eigenvalue weighted by Gasteiger charge is -2.31. The molecule has 1 atom stereocenters. The molecule has 0 aromatic heterocycles. The molecular formula is C13H18N2. The predicted molar refractivity (Wildman–Crippen MR) is 65.4 cm³/mol. The Labute approximate surface area is 91.5 Å². The maximum absolute atomic E-state index is 4.44. The Kier molecular flexibility index (Phi) is 2.85. The van der Waals surface area contributed by atoms with Gasteiger partial charge in [0.15, 0.2) is 0 Å². The Balaban J connectivity index is 2.26. The summed E-state index contributed by atoms with van der Waals surface area (Å²) in [5, 5.41) is 0. The smallest absolute Gasteiger partial charge is 0.116 e. The number of unbranched alkanes of at least 4 members (excludes halogenated alkanes) is 1. The van der Waals surface area contributed by atoms with E-state index in [0.29, 0.717) is 0 Å². The molecule has 0 N–H and O–H groups in total. The van der Waals surface area contributed by atoms with Crippen LogP contribution in [0.3, 0.4) is 0 Å². The van der Waals surface area contributed by atoms with E-state index in [1.807, 2.05) is 0 Å². The van der Waals surface area contributed by atoms with Gasteiger partial charge in [0.1, 0.15) is 6.34 Å². The van der Waals surface area contributed by atoms with E-state index < -0.39 is 0 Å². The topological polar surface area (TPSA) is 24.7 Å². The van der Waals surface area contributed by atoms with Crippen molar-refractivity contribution in [2.75, 3.05) is 0 Å². The normalized spacial score (nSPS) is 27.6. The second-order valence-corrected chi connectivity index (χ2v) is 4.25. The van der Waals surface area contributed by atoms with Crippen molar-refractivity contribution in [3.8, 4) is 0 Å². The number of allylic oxidation sites excluding steroid dienone is 4. The SMILES string of the molecule is CCCCC1(CC)C=CC=C2N=CN=C21. The lowest BCUT2D eigenvalue weighted by Crippen LogP contribution is -2.30. The van der Waals surface area contributed by atoms with Crippen molar-refractivity contribution in [3.05, 3.63) is 23.9 Å². The van der Waals surface area contributed by atoms with Crippen molar-refractivity contribution in [1.82, 2.24) is 0 Å². The third-order valence-electron chi connectivity index (χ3n) is 3.37. The highest BCUT2D eigenvalue weighted by Gasteiger charge is 2.35. The van der Waals surface area contributed by atoms with Crippen LogP contribution in [0.5, 0.6) is 0 Å². The molecule has 0 saturated heterocycles. The molecule has 2 nitrogen and oxygen atoms in total. The van der Waals surface area contributed by atoms with Crippen LogP contribution >= 0.6 is 0 Å². The van der Waals surface area contributed by atoms with Gasteiger partial charge in [0, 0.05) is 5.41 Å². The van der Waals surface area contributed by atoms with Gasteiger partial charge in [0.05, 0.1) is 11.4 Å². The van der Waals surface area contributed by atoms with Crippen molar-refractivity contribution in [2.45, 2.75) is 39.5 Å². The van der Waals surface area contributed by atoms with Gasteiger partial charge in [-0.25, -0.2) is 9.98 Å². The summed E-state index contributed by atoms with van der Waals surface area (Å²) in [5.41, 5.74) is 2.40. The molecule has 2 aliphatic rings. The first-order chi connectivity index (χ1) is 7.32. The summed E-state index contributed by atoms with van der Waals surface area (Å²) < 4.78 is 0. The number of hydrogen-bond acceptors (Lipinski definition) is 2. The van der Waals surface area contributed by atoms with Gasteiger partial charge in [0.2, 0.25) is 0 Å². The minimum Gasteiger partial charge on any atom is -0.238 e. The van der Waals surface area contributed by atoms with Crippen molar-refractivity contribution in [3.63, 3.8) is 0 Å². The van der Waals surface area contributed by atoms with E-state index in [9.17, 15) is 0 Å². The second-order valence-electron chi connectivity index (χ2n) is 4.25. The Morgan fingerprint density at radius 3 is 2.93 bits per heavy atom. The molecule has 1 aliphatic carbocycles. The number of aliphatic imine (C=N–C) groups is 2. The van der Waals surface area contributed by atoms with Gasteiger partial charge >= 0.3 is 0 Å². The second kappa shape index (κ2) is 4.13. The van der Waals surface area contributed by atoms with Gasteiger partial charge in [-0.2, -0.15) is 0 Å². The zero-order valence-corrected chi connectivity index (χ0v) is 9.53. The quantitative estimate of drug-likeness (QED) is 0.666. The molecule has 0 amide bonds. The molecule has 1 unspecified atom stereocenters. The van der Waals surface area contributed by atoms with Crippen LogP contribution in [0.25, 0.3) is 0 Å². The summed E-state index contributed by atoms with van der Waals surface area (Å²) in [6, 6.07) is 0. The molecule has 0 fully saturated rings. The number of fused-ring (bicyclic) bond motifs is 1. The van der Waals surface area contributed by atoms with Crippen LogP contribution in [0.15, 0.2) is 33.9 Å². The van der Waals surface area contributed by atoms with E-state index in [2.05, 4.69) is 42.1 Å². The summed E-state index contributed by atoms with van der Waals surface area (Å²) in [6.45, 7) is 4.48. The highest BCUT2D eigenvalue weighted by atomic mass is 15.0. The van der Waals surface area contributed by atoms with E-state index in [4.69, 9.17) is 0 Å². The highest BCUT2D eigenvalue weighted by Crippen LogP contribution is 2.39. The van der Waals surface area contributed by atoms with Gasteiger partial charge in [0.25, 0.3) is 0 Å². The van der Waals surface area contributed by atoms with Crippen LogP contribution in [0, 0.1) is 5.41 Å². The Hall–Kier alpha value is -1.18. The molecule has 0 saturated carbocycles. The van der Waals surface area contributed by atoms with Crippen LogP contribution in [0.1, 0.15) is 39.5 Å². The van der Waals surface area contributed by atoms with Gasteiger partial charge in [-0.15, -0.1) is 0 Å². The molecule has 1 heterocycles. The number of rotatable bonds is 4. The minimum absolute atomic E-state index is 0.149. The molecule has 2 heteroatoms. The maximum Gasteiger partial charge on any atom is 0.116 e. The lowest BCUT2D eigenvalue weighted by atomic mass is 9.73. The monoisotopic (exact) mass is 202 g/mol. The van der Waals surface area contributed by atoms with Crippen LogP contribution in [0.2, 0.25) is 0 Å². The molecular weight excluding hydrogens is 184 g/mol.